The summed E-state index contributed by atoms with van der Waals surface area (Å²) in [5.74, 6) is 1.22. The monoisotopic (exact) mass is 353 g/mol. The van der Waals surface area contributed by atoms with E-state index in [9.17, 15) is 5.11 Å². The number of nitrogens with zero attached hydrogens (tertiary/aromatic N) is 1. The number of ether oxygens (including phenoxy) is 1. The van der Waals surface area contributed by atoms with Gasteiger partial charge in [0.05, 0.1) is 6.10 Å². The Kier molecular flexibility index (Phi) is 6.70. The number of likely N-dealkylation sites (tertiary alicyclic amines) is 1. The molecule has 26 heavy (non-hydrogen) atoms. The van der Waals surface area contributed by atoms with Crippen LogP contribution in [-0.4, -0.2) is 35.7 Å². The molecule has 0 saturated carbocycles. The van der Waals surface area contributed by atoms with Gasteiger partial charge in [-0.15, -0.1) is 0 Å². The van der Waals surface area contributed by atoms with Gasteiger partial charge in [0.15, 0.2) is 0 Å². The highest BCUT2D eigenvalue weighted by Gasteiger charge is 2.28. The number of aliphatic hydroxyl groups excluding tert-OH is 1. The standard InChI is InChI=1S/C23H31NO2/c1-3-13-24-14-12-22(25)21(16-24)15-20-6-4-5-7-23(20)26-17-19-10-8-18(2)9-11-19/h4-11,21-22,25H,3,12-17H2,1-2H3. The summed E-state index contributed by atoms with van der Waals surface area (Å²) in [6.07, 6.45) is 2.69. The number of para-hydroxylation sites is 1. The first kappa shape index (κ1) is 18.9. The van der Waals surface area contributed by atoms with Gasteiger partial charge in [-0.1, -0.05) is 55.0 Å². The van der Waals surface area contributed by atoms with Crippen molar-refractivity contribution in [2.24, 2.45) is 5.92 Å². The number of hydrogen-bond donors (Lipinski definition) is 1. The lowest BCUT2D eigenvalue weighted by molar-refractivity contribution is 0.0267. The van der Waals surface area contributed by atoms with Gasteiger partial charge in [-0.2, -0.15) is 0 Å². The first-order chi connectivity index (χ1) is 12.7. The molecule has 1 saturated heterocycles. The van der Waals surface area contributed by atoms with E-state index in [1.807, 2.05) is 12.1 Å². The zero-order chi connectivity index (χ0) is 18.4. The number of aryl methyl sites for hydroxylation is 1. The molecule has 1 N–H and O–H groups in total. The zero-order valence-electron chi connectivity index (χ0n) is 16.0. The Morgan fingerprint density at radius 1 is 1.12 bits per heavy atom. The summed E-state index contributed by atoms with van der Waals surface area (Å²) in [6.45, 7) is 7.99. The summed E-state index contributed by atoms with van der Waals surface area (Å²) in [7, 11) is 0. The normalized spacial score (nSPS) is 20.9. The third kappa shape index (κ3) is 5.09. The van der Waals surface area contributed by atoms with E-state index in [4.69, 9.17) is 4.74 Å². The highest BCUT2D eigenvalue weighted by molar-refractivity contribution is 5.34. The molecule has 2 unspecified atom stereocenters. The first-order valence-electron chi connectivity index (χ1n) is 9.82. The summed E-state index contributed by atoms with van der Waals surface area (Å²) >= 11 is 0. The van der Waals surface area contributed by atoms with Gasteiger partial charge < -0.3 is 14.7 Å². The molecule has 3 rings (SSSR count). The molecule has 2 aromatic carbocycles. The third-order valence-electron chi connectivity index (χ3n) is 5.29. The number of aliphatic hydroxyl groups is 1. The molecule has 1 heterocycles. The van der Waals surface area contributed by atoms with Crippen molar-refractivity contribution in [3.8, 4) is 5.75 Å². The molecule has 0 spiro atoms. The van der Waals surface area contributed by atoms with E-state index in [1.54, 1.807) is 0 Å². The Morgan fingerprint density at radius 3 is 2.65 bits per heavy atom. The van der Waals surface area contributed by atoms with Crippen LogP contribution >= 0.6 is 0 Å². The lowest BCUT2D eigenvalue weighted by Crippen LogP contribution is -2.44. The second-order valence-electron chi connectivity index (χ2n) is 7.50. The molecular formula is C23H31NO2. The van der Waals surface area contributed by atoms with Gasteiger partial charge in [0.25, 0.3) is 0 Å². The maximum atomic E-state index is 10.5. The van der Waals surface area contributed by atoms with Crippen molar-refractivity contribution in [2.45, 2.75) is 45.8 Å². The van der Waals surface area contributed by atoms with Gasteiger partial charge in [-0.3, -0.25) is 0 Å². The fourth-order valence-corrected chi connectivity index (χ4v) is 3.76. The number of benzene rings is 2. The Morgan fingerprint density at radius 2 is 1.88 bits per heavy atom. The van der Waals surface area contributed by atoms with Crippen LogP contribution in [0.25, 0.3) is 0 Å². The van der Waals surface area contributed by atoms with Crippen LogP contribution in [0.4, 0.5) is 0 Å². The van der Waals surface area contributed by atoms with Crippen molar-refractivity contribution in [2.75, 3.05) is 19.6 Å². The van der Waals surface area contributed by atoms with E-state index in [1.165, 1.54) is 23.1 Å². The van der Waals surface area contributed by atoms with Crippen molar-refractivity contribution in [1.29, 1.82) is 0 Å². The summed E-state index contributed by atoms with van der Waals surface area (Å²) in [4.78, 5) is 2.48. The van der Waals surface area contributed by atoms with Gasteiger partial charge in [-0.05, 0) is 49.9 Å². The van der Waals surface area contributed by atoms with Crippen LogP contribution in [0.5, 0.6) is 5.75 Å². The Balaban J connectivity index is 1.65. The first-order valence-corrected chi connectivity index (χ1v) is 9.82. The third-order valence-corrected chi connectivity index (χ3v) is 5.29. The maximum Gasteiger partial charge on any atom is 0.123 e. The van der Waals surface area contributed by atoms with E-state index in [2.05, 4.69) is 55.1 Å². The lowest BCUT2D eigenvalue weighted by atomic mass is 9.88. The fourth-order valence-electron chi connectivity index (χ4n) is 3.76. The average Bonchev–Trinajstić information content (AvgIpc) is 2.65. The second kappa shape index (κ2) is 9.20. The maximum absolute atomic E-state index is 10.5. The van der Waals surface area contributed by atoms with Crippen LogP contribution in [0, 0.1) is 12.8 Å². The number of hydrogen-bond acceptors (Lipinski definition) is 3. The molecule has 0 radical (unpaired) electrons. The summed E-state index contributed by atoms with van der Waals surface area (Å²) in [5, 5.41) is 10.5. The molecular weight excluding hydrogens is 322 g/mol. The van der Waals surface area contributed by atoms with Crippen molar-refractivity contribution in [3.63, 3.8) is 0 Å². The molecule has 3 nitrogen and oxygen atoms in total. The molecule has 2 atom stereocenters. The zero-order valence-corrected chi connectivity index (χ0v) is 16.0. The highest BCUT2D eigenvalue weighted by Crippen LogP contribution is 2.27. The molecule has 0 aromatic heterocycles. The van der Waals surface area contributed by atoms with Crippen LogP contribution in [0.1, 0.15) is 36.5 Å². The van der Waals surface area contributed by atoms with Gasteiger partial charge in [0, 0.05) is 19.0 Å². The molecule has 1 fully saturated rings. The van der Waals surface area contributed by atoms with E-state index in [-0.39, 0.29) is 12.0 Å². The van der Waals surface area contributed by atoms with Crippen LogP contribution < -0.4 is 4.74 Å². The predicted octanol–water partition coefficient (Wildman–Crippen LogP) is 4.21. The quantitative estimate of drug-likeness (QED) is 0.809. The average molecular weight is 354 g/mol. The summed E-state index contributed by atoms with van der Waals surface area (Å²) < 4.78 is 6.12. The number of rotatable bonds is 7. The second-order valence-corrected chi connectivity index (χ2v) is 7.50. The molecule has 0 amide bonds. The molecule has 1 aliphatic heterocycles. The van der Waals surface area contributed by atoms with Crippen molar-refractivity contribution >= 4 is 0 Å². The predicted molar refractivity (Wildman–Crippen MR) is 107 cm³/mol. The van der Waals surface area contributed by atoms with Crippen LogP contribution in [0.2, 0.25) is 0 Å². The summed E-state index contributed by atoms with van der Waals surface area (Å²) in [5.41, 5.74) is 3.64. The summed E-state index contributed by atoms with van der Waals surface area (Å²) in [6, 6.07) is 16.7. The van der Waals surface area contributed by atoms with Gasteiger partial charge in [-0.25, -0.2) is 0 Å². The minimum Gasteiger partial charge on any atom is -0.489 e. The van der Waals surface area contributed by atoms with E-state index in [0.29, 0.717) is 6.61 Å². The van der Waals surface area contributed by atoms with Crippen molar-refractivity contribution < 1.29 is 9.84 Å². The largest absolute Gasteiger partial charge is 0.489 e. The molecule has 0 bridgehead atoms. The smallest absolute Gasteiger partial charge is 0.123 e. The van der Waals surface area contributed by atoms with Crippen LogP contribution in [0.3, 0.4) is 0 Å². The van der Waals surface area contributed by atoms with Gasteiger partial charge in [0.2, 0.25) is 0 Å². The molecule has 2 aromatic rings. The van der Waals surface area contributed by atoms with E-state index < -0.39 is 0 Å². The topological polar surface area (TPSA) is 32.7 Å². The van der Waals surface area contributed by atoms with E-state index in [0.717, 1.165) is 38.2 Å². The molecule has 0 aliphatic carbocycles. The number of piperidine rings is 1. The van der Waals surface area contributed by atoms with Crippen molar-refractivity contribution in [3.05, 3.63) is 65.2 Å². The van der Waals surface area contributed by atoms with Crippen LogP contribution in [0.15, 0.2) is 48.5 Å². The molecule has 140 valence electrons. The SMILES string of the molecule is CCCN1CCC(O)C(Cc2ccccc2OCc2ccc(C)cc2)C1. The van der Waals surface area contributed by atoms with E-state index >= 15 is 0 Å². The van der Waals surface area contributed by atoms with Gasteiger partial charge in [0.1, 0.15) is 12.4 Å². The molecule has 1 aliphatic rings. The Labute approximate surface area is 157 Å². The lowest BCUT2D eigenvalue weighted by Gasteiger charge is -2.36. The van der Waals surface area contributed by atoms with Gasteiger partial charge >= 0.3 is 0 Å². The molecule has 3 heteroatoms. The Bertz CT molecular complexity index is 683. The van der Waals surface area contributed by atoms with Crippen molar-refractivity contribution in [1.82, 2.24) is 4.90 Å². The van der Waals surface area contributed by atoms with Crippen LogP contribution in [-0.2, 0) is 13.0 Å². The Hall–Kier alpha value is -1.84. The minimum atomic E-state index is -0.215. The fraction of sp³-hybridized carbons (Fsp3) is 0.478. The minimum absolute atomic E-state index is 0.215. The highest BCUT2D eigenvalue weighted by atomic mass is 16.5.